The molecule has 1 aliphatic rings. The summed E-state index contributed by atoms with van der Waals surface area (Å²) in [7, 11) is 0. The highest BCUT2D eigenvalue weighted by Crippen LogP contribution is 2.38. The van der Waals surface area contributed by atoms with Crippen LogP contribution in [0.1, 0.15) is 29.9 Å². The van der Waals surface area contributed by atoms with Gasteiger partial charge in [-0.05, 0) is 36.3 Å². The van der Waals surface area contributed by atoms with Crippen molar-refractivity contribution in [1.82, 2.24) is 0 Å². The van der Waals surface area contributed by atoms with Crippen LogP contribution in [0.2, 0.25) is 6.32 Å². The van der Waals surface area contributed by atoms with Crippen LogP contribution < -0.4 is 0 Å². The molecule has 4 heteroatoms. The molecule has 0 amide bonds. The summed E-state index contributed by atoms with van der Waals surface area (Å²) in [5.41, 5.74) is 2.02. The maximum atomic E-state index is 12.4. The van der Waals surface area contributed by atoms with Crippen LogP contribution in [-0.4, -0.2) is 6.98 Å². The molecule has 15 heavy (non-hydrogen) atoms. The van der Waals surface area contributed by atoms with E-state index in [1.165, 1.54) is 0 Å². The summed E-state index contributed by atoms with van der Waals surface area (Å²) in [6, 6.07) is 7.53. The van der Waals surface area contributed by atoms with Gasteiger partial charge in [-0.15, -0.1) is 0 Å². The molecular weight excluding hydrogens is 200 g/mol. The minimum absolute atomic E-state index is 0.296. The van der Waals surface area contributed by atoms with Crippen LogP contribution in [0.3, 0.4) is 0 Å². The maximum absolute atomic E-state index is 12.4. The first-order valence-corrected chi connectivity index (χ1v) is 5.35. The van der Waals surface area contributed by atoms with Crippen molar-refractivity contribution in [3.8, 4) is 0 Å². The normalized spacial score (nSPS) is 21.1. The number of rotatable bonds is 2. The van der Waals surface area contributed by atoms with E-state index < -0.39 is 13.3 Å². The molecular formula is C11H13BF3-. The number of hydrogen-bond acceptors (Lipinski definition) is 0. The summed E-state index contributed by atoms with van der Waals surface area (Å²) in [6.07, 6.45) is 1.88. The highest BCUT2D eigenvalue weighted by atomic mass is 19.4. The quantitative estimate of drug-likeness (QED) is 0.652. The minimum atomic E-state index is -4.66. The van der Waals surface area contributed by atoms with Gasteiger partial charge < -0.3 is 12.9 Å². The summed E-state index contributed by atoms with van der Waals surface area (Å²) < 4.78 is 37.2. The van der Waals surface area contributed by atoms with Crippen LogP contribution in [0.25, 0.3) is 0 Å². The first-order chi connectivity index (χ1) is 7.06. The van der Waals surface area contributed by atoms with Crippen molar-refractivity contribution in [2.75, 3.05) is 0 Å². The zero-order chi connectivity index (χ0) is 10.9. The Morgan fingerprint density at radius 3 is 2.67 bits per heavy atom. The van der Waals surface area contributed by atoms with Crippen LogP contribution in [0, 0.1) is 0 Å². The second-order valence-corrected chi connectivity index (χ2v) is 4.23. The zero-order valence-corrected chi connectivity index (χ0v) is 8.43. The lowest BCUT2D eigenvalue weighted by Gasteiger charge is -2.29. The fourth-order valence-corrected chi connectivity index (χ4v) is 2.42. The van der Waals surface area contributed by atoms with Gasteiger partial charge in [0, 0.05) is 0 Å². The third kappa shape index (κ3) is 2.55. The molecule has 0 fully saturated rings. The fraction of sp³-hybridized carbons (Fsp3) is 0.455. The number of halogens is 3. The highest BCUT2D eigenvalue weighted by Gasteiger charge is 2.30. The molecule has 2 rings (SSSR count). The Balaban J connectivity index is 2.22. The lowest BCUT2D eigenvalue weighted by Crippen LogP contribution is -2.21. The second kappa shape index (κ2) is 3.91. The number of benzene rings is 1. The number of hydrogen-bond donors (Lipinski definition) is 0. The Hall–Kier alpha value is -0.925. The summed E-state index contributed by atoms with van der Waals surface area (Å²) >= 11 is 0. The van der Waals surface area contributed by atoms with Crippen LogP contribution in [0.5, 0.6) is 0 Å². The van der Waals surface area contributed by atoms with E-state index in [1.807, 2.05) is 24.3 Å². The molecule has 1 aliphatic carbocycles. The molecule has 82 valence electrons. The van der Waals surface area contributed by atoms with Gasteiger partial charge >= 0.3 is 6.98 Å². The molecule has 0 saturated carbocycles. The monoisotopic (exact) mass is 213 g/mol. The van der Waals surface area contributed by atoms with E-state index in [-0.39, 0.29) is 5.92 Å². The van der Waals surface area contributed by atoms with Crippen molar-refractivity contribution < 1.29 is 12.9 Å². The standard InChI is InChI=1S/C11H13BF3/c13-12(14,15)8-10-6-3-5-9-4-1-2-7-11(9)10/h1-2,4,7,10H,3,5-6,8H2/q-1. The molecule has 0 heterocycles. The topological polar surface area (TPSA) is 0 Å². The molecule has 0 nitrogen and oxygen atoms in total. The highest BCUT2D eigenvalue weighted by molar-refractivity contribution is 6.58. The van der Waals surface area contributed by atoms with E-state index >= 15 is 0 Å². The molecule has 0 saturated heterocycles. The molecule has 0 bridgehead atoms. The van der Waals surface area contributed by atoms with Gasteiger partial charge in [0.15, 0.2) is 0 Å². The molecule has 1 aromatic rings. The van der Waals surface area contributed by atoms with Crippen LogP contribution in [0.15, 0.2) is 24.3 Å². The summed E-state index contributed by atoms with van der Waals surface area (Å²) in [4.78, 5) is 0. The Morgan fingerprint density at radius 2 is 1.93 bits per heavy atom. The Morgan fingerprint density at radius 1 is 1.20 bits per heavy atom. The van der Waals surface area contributed by atoms with Crippen molar-refractivity contribution in [3.63, 3.8) is 0 Å². The van der Waals surface area contributed by atoms with Gasteiger partial charge in [-0.3, -0.25) is 0 Å². The molecule has 0 radical (unpaired) electrons. The number of aryl methyl sites for hydroxylation is 1. The van der Waals surface area contributed by atoms with Gasteiger partial charge in [-0.25, -0.2) is 0 Å². The first-order valence-electron chi connectivity index (χ1n) is 5.35. The zero-order valence-electron chi connectivity index (χ0n) is 8.43. The van der Waals surface area contributed by atoms with Crippen molar-refractivity contribution in [3.05, 3.63) is 35.4 Å². The van der Waals surface area contributed by atoms with Crippen molar-refractivity contribution in [1.29, 1.82) is 0 Å². The lowest BCUT2D eigenvalue weighted by molar-refractivity contribution is 0.441. The van der Waals surface area contributed by atoms with Gasteiger partial charge in [0.25, 0.3) is 0 Å². The summed E-state index contributed by atoms with van der Waals surface area (Å²) in [6.45, 7) is -4.66. The summed E-state index contributed by atoms with van der Waals surface area (Å²) in [5, 5.41) is 0. The second-order valence-electron chi connectivity index (χ2n) is 4.23. The first kappa shape index (κ1) is 10.6. The van der Waals surface area contributed by atoms with E-state index in [1.54, 1.807) is 0 Å². The lowest BCUT2D eigenvalue weighted by atomic mass is 9.70. The SMILES string of the molecule is F[B-](F)(F)CC1CCCc2ccccc21. The Labute approximate surface area is 87.6 Å². The molecule has 0 aliphatic heterocycles. The van der Waals surface area contributed by atoms with E-state index in [0.717, 1.165) is 24.0 Å². The maximum Gasteiger partial charge on any atom is 0.478 e. The third-order valence-electron chi connectivity index (χ3n) is 3.05. The Bertz CT molecular complexity index is 346. The van der Waals surface area contributed by atoms with E-state index in [9.17, 15) is 12.9 Å². The van der Waals surface area contributed by atoms with Gasteiger partial charge in [0.1, 0.15) is 0 Å². The smallest absolute Gasteiger partial charge is 0.449 e. The molecule has 1 atom stereocenters. The molecule has 1 unspecified atom stereocenters. The van der Waals surface area contributed by atoms with Gasteiger partial charge in [-0.2, -0.15) is 0 Å². The minimum Gasteiger partial charge on any atom is -0.449 e. The van der Waals surface area contributed by atoms with Crippen molar-refractivity contribution in [2.45, 2.75) is 31.5 Å². The summed E-state index contributed by atoms with van der Waals surface area (Å²) in [5.74, 6) is -0.296. The van der Waals surface area contributed by atoms with Gasteiger partial charge in [0.05, 0.1) is 0 Å². The molecule has 1 aromatic carbocycles. The van der Waals surface area contributed by atoms with E-state index in [4.69, 9.17) is 0 Å². The largest absolute Gasteiger partial charge is 0.478 e. The van der Waals surface area contributed by atoms with Crippen LogP contribution >= 0.6 is 0 Å². The predicted molar refractivity (Wildman–Crippen MR) is 56.0 cm³/mol. The molecule has 0 spiro atoms. The Kier molecular flexibility index (Phi) is 2.76. The number of fused-ring (bicyclic) bond motifs is 1. The van der Waals surface area contributed by atoms with E-state index in [2.05, 4.69) is 0 Å². The van der Waals surface area contributed by atoms with Gasteiger partial charge in [0.2, 0.25) is 0 Å². The predicted octanol–water partition coefficient (Wildman–Crippen LogP) is 3.95. The molecule has 0 aromatic heterocycles. The third-order valence-corrected chi connectivity index (χ3v) is 3.05. The van der Waals surface area contributed by atoms with Crippen LogP contribution in [-0.2, 0) is 6.42 Å². The average molecular weight is 213 g/mol. The molecule has 0 N–H and O–H groups in total. The van der Waals surface area contributed by atoms with Crippen molar-refractivity contribution >= 4 is 6.98 Å². The van der Waals surface area contributed by atoms with Gasteiger partial charge in [-0.1, -0.05) is 30.6 Å². The van der Waals surface area contributed by atoms with Crippen molar-refractivity contribution in [2.24, 2.45) is 0 Å². The van der Waals surface area contributed by atoms with E-state index in [0.29, 0.717) is 6.42 Å². The van der Waals surface area contributed by atoms with Crippen LogP contribution in [0.4, 0.5) is 12.9 Å². The average Bonchev–Trinajstić information content (AvgIpc) is 2.16. The fourth-order valence-electron chi connectivity index (χ4n) is 2.42.